The van der Waals surface area contributed by atoms with Gasteiger partial charge < -0.3 is 0 Å². The molecule has 0 spiro atoms. The fraction of sp³-hybridized carbons (Fsp3) is 0.533. The molecule has 1 saturated carbocycles. The molecule has 1 aliphatic rings. The summed E-state index contributed by atoms with van der Waals surface area (Å²) in [5.41, 5.74) is -1.28. The van der Waals surface area contributed by atoms with Crippen molar-refractivity contribution in [1.29, 1.82) is 0 Å². The van der Waals surface area contributed by atoms with Gasteiger partial charge in [0.25, 0.3) is 0 Å². The minimum absolute atomic E-state index is 0.0439. The Kier molecular flexibility index (Phi) is 4.45. The van der Waals surface area contributed by atoms with Crippen molar-refractivity contribution in [2.24, 2.45) is 5.92 Å². The largest absolute Gasteiger partial charge is 0.419 e. The number of carbonyl (C=O) groups excluding carboxylic acids is 1. The standard InChI is InChI=1S/C15H16F4O/c16-13-9-11(7-8-12(13)15(17,18)19)14(20)10-5-3-1-2-4-6-10/h7-10H,1-6H2. The molecule has 5 heteroatoms. The Bertz CT molecular complexity index is 485. The molecule has 0 amide bonds. The van der Waals surface area contributed by atoms with Gasteiger partial charge in [-0.1, -0.05) is 31.7 Å². The van der Waals surface area contributed by atoms with E-state index < -0.39 is 17.6 Å². The zero-order valence-electron chi connectivity index (χ0n) is 11.0. The number of hydrogen-bond acceptors (Lipinski definition) is 1. The molecule has 0 aliphatic heterocycles. The first-order valence-corrected chi connectivity index (χ1v) is 6.80. The first-order chi connectivity index (χ1) is 9.39. The average Bonchev–Trinajstić information content (AvgIpc) is 2.65. The van der Waals surface area contributed by atoms with Crippen LogP contribution in [0.5, 0.6) is 0 Å². The number of carbonyl (C=O) groups is 1. The van der Waals surface area contributed by atoms with Gasteiger partial charge >= 0.3 is 6.18 Å². The van der Waals surface area contributed by atoms with Gasteiger partial charge in [-0.3, -0.25) is 4.79 Å². The highest BCUT2D eigenvalue weighted by atomic mass is 19.4. The molecule has 1 aromatic rings. The van der Waals surface area contributed by atoms with Crippen molar-refractivity contribution in [2.45, 2.75) is 44.7 Å². The number of alkyl halides is 3. The van der Waals surface area contributed by atoms with Crippen molar-refractivity contribution in [3.05, 3.63) is 35.1 Å². The van der Waals surface area contributed by atoms with E-state index in [-0.39, 0.29) is 17.3 Å². The van der Waals surface area contributed by atoms with Crippen molar-refractivity contribution in [3.63, 3.8) is 0 Å². The summed E-state index contributed by atoms with van der Waals surface area (Å²) in [6, 6.07) is 2.45. The number of ketones is 1. The lowest BCUT2D eigenvalue weighted by Gasteiger charge is -2.14. The zero-order valence-corrected chi connectivity index (χ0v) is 11.0. The molecule has 0 aromatic heterocycles. The van der Waals surface area contributed by atoms with Crippen LogP contribution in [-0.4, -0.2) is 5.78 Å². The third kappa shape index (κ3) is 3.38. The molecule has 0 heterocycles. The van der Waals surface area contributed by atoms with Crippen LogP contribution in [-0.2, 0) is 6.18 Å². The monoisotopic (exact) mass is 288 g/mol. The number of benzene rings is 1. The molecule has 0 unspecified atom stereocenters. The normalized spacial score (nSPS) is 17.8. The van der Waals surface area contributed by atoms with Crippen LogP contribution < -0.4 is 0 Å². The summed E-state index contributed by atoms with van der Waals surface area (Å²) in [6.07, 6.45) is 0.784. The Morgan fingerprint density at radius 1 is 1.05 bits per heavy atom. The molecule has 1 nitrogen and oxygen atoms in total. The minimum atomic E-state index is -4.73. The van der Waals surface area contributed by atoms with Crippen molar-refractivity contribution in [3.8, 4) is 0 Å². The van der Waals surface area contributed by atoms with E-state index in [1.807, 2.05) is 0 Å². The molecule has 0 radical (unpaired) electrons. The van der Waals surface area contributed by atoms with Crippen molar-refractivity contribution in [1.82, 2.24) is 0 Å². The van der Waals surface area contributed by atoms with Crippen LogP contribution >= 0.6 is 0 Å². The van der Waals surface area contributed by atoms with Crippen LogP contribution in [0.2, 0.25) is 0 Å². The SMILES string of the molecule is O=C(c1ccc(C(F)(F)F)c(F)c1)C1CCCCCC1. The van der Waals surface area contributed by atoms with E-state index in [1.165, 1.54) is 0 Å². The molecule has 1 aromatic carbocycles. The summed E-state index contributed by atoms with van der Waals surface area (Å²) in [5.74, 6) is -1.80. The topological polar surface area (TPSA) is 17.1 Å². The molecule has 0 bridgehead atoms. The summed E-state index contributed by atoms with van der Waals surface area (Å²) in [4.78, 5) is 12.2. The van der Waals surface area contributed by atoms with Crippen LogP contribution in [0.1, 0.15) is 54.4 Å². The van der Waals surface area contributed by atoms with Gasteiger partial charge in [-0.2, -0.15) is 13.2 Å². The summed E-state index contributed by atoms with van der Waals surface area (Å²) >= 11 is 0. The lowest BCUT2D eigenvalue weighted by atomic mass is 9.90. The predicted octanol–water partition coefficient (Wildman–Crippen LogP) is 5.00. The van der Waals surface area contributed by atoms with Gasteiger partial charge in [0.15, 0.2) is 5.78 Å². The van der Waals surface area contributed by atoms with E-state index in [2.05, 4.69) is 0 Å². The Balaban J connectivity index is 2.20. The van der Waals surface area contributed by atoms with E-state index in [9.17, 15) is 22.4 Å². The lowest BCUT2D eigenvalue weighted by molar-refractivity contribution is -0.140. The van der Waals surface area contributed by atoms with E-state index in [1.54, 1.807) is 0 Å². The fourth-order valence-corrected chi connectivity index (χ4v) is 2.68. The summed E-state index contributed by atoms with van der Waals surface area (Å²) < 4.78 is 50.9. The van der Waals surface area contributed by atoms with Crippen LogP contribution in [0.4, 0.5) is 17.6 Å². The molecule has 20 heavy (non-hydrogen) atoms. The Labute approximate surface area is 115 Å². The second-order valence-corrected chi connectivity index (χ2v) is 5.25. The number of rotatable bonds is 2. The molecular formula is C15H16F4O. The molecule has 2 rings (SSSR count). The Hall–Kier alpha value is -1.39. The first-order valence-electron chi connectivity index (χ1n) is 6.80. The number of Topliss-reactive ketones (excluding diaryl/α,β-unsaturated/α-hetero) is 1. The second-order valence-electron chi connectivity index (χ2n) is 5.25. The molecule has 0 saturated heterocycles. The first kappa shape index (κ1) is 15.0. The van der Waals surface area contributed by atoms with Gasteiger partial charge in [0.05, 0.1) is 5.56 Å². The Morgan fingerprint density at radius 3 is 2.15 bits per heavy atom. The predicted molar refractivity (Wildman–Crippen MR) is 66.9 cm³/mol. The molecular weight excluding hydrogens is 272 g/mol. The van der Waals surface area contributed by atoms with Gasteiger partial charge in [0.2, 0.25) is 0 Å². The van der Waals surface area contributed by atoms with E-state index >= 15 is 0 Å². The van der Waals surface area contributed by atoms with Crippen LogP contribution in [0, 0.1) is 11.7 Å². The Morgan fingerprint density at radius 2 is 1.65 bits per heavy atom. The molecule has 1 fully saturated rings. The van der Waals surface area contributed by atoms with Gasteiger partial charge in [-0.25, -0.2) is 4.39 Å². The van der Waals surface area contributed by atoms with Gasteiger partial charge in [-0.05, 0) is 25.0 Å². The van der Waals surface area contributed by atoms with E-state index in [0.29, 0.717) is 6.07 Å². The van der Waals surface area contributed by atoms with Crippen LogP contribution in [0.3, 0.4) is 0 Å². The molecule has 0 atom stereocenters. The smallest absolute Gasteiger partial charge is 0.294 e. The van der Waals surface area contributed by atoms with Crippen LogP contribution in [0.15, 0.2) is 18.2 Å². The highest BCUT2D eigenvalue weighted by Crippen LogP contribution is 2.32. The summed E-state index contributed by atoms with van der Waals surface area (Å²) in [5, 5.41) is 0. The third-order valence-electron chi connectivity index (χ3n) is 3.78. The molecule has 1 aliphatic carbocycles. The second kappa shape index (κ2) is 5.94. The molecule has 0 N–H and O–H groups in total. The highest BCUT2D eigenvalue weighted by Gasteiger charge is 2.34. The van der Waals surface area contributed by atoms with Crippen molar-refractivity contribution < 1.29 is 22.4 Å². The lowest BCUT2D eigenvalue weighted by Crippen LogP contribution is -2.15. The van der Waals surface area contributed by atoms with Crippen molar-refractivity contribution >= 4 is 5.78 Å². The van der Waals surface area contributed by atoms with E-state index in [4.69, 9.17) is 0 Å². The number of hydrogen-bond donors (Lipinski definition) is 0. The average molecular weight is 288 g/mol. The highest BCUT2D eigenvalue weighted by molar-refractivity contribution is 5.97. The quantitative estimate of drug-likeness (QED) is 0.425. The fourth-order valence-electron chi connectivity index (χ4n) is 2.68. The summed E-state index contributed by atoms with van der Waals surface area (Å²) in [7, 11) is 0. The summed E-state index contributed by atoms with van der Waals surface area (Å²) in [6.45, 7) is 0. The van der Waals surface area contributed by atoms with Crippen LogP contribution in [0.25, 0.3) is 0 Å². The maximum absolute atomic E-state index is 13.5. The number of halogens is 4. The molecule has 110 valence electrons. The van der Waals surface area contributed by atoms with Crippen molar-refractivity contribution in [2.75, 3.05) is 0 Å². The van der Waals surface area contributed by atoms with Gasteiger partial charge in [0, 0.05) is 11.5 Å². The maximum Gasteiger partial charge on any atom is 0.419 e. The minimum Gasteiger partial charge on any atom is -0.294 e. The maximum atomic E-state index is 13.5. The van der Waals surface area contributed by atoms with Gasteiger partial charge in [0.1, 0.15) is 5.82 Å². The van der Waals surface area contributed by atoms with Gasteiger partial charge in [-0.15, -0.1) is 0 Å². The van der Waals surface area contributed by atoms with E-state index in [0.717, 1.165) is 50.7 Å². The third-order valence-corrected chi connectivity index (χ3v) is 3.78. The zero-order chi connectivity index (χ0) is 14.8.